The molecule has 0 fully saturated rings. The number of rotatable bonds is 8. The normalized spacial score (nSPS) is 15.8. The minimum atomic E-state index is -0.493. The first kappa shape index (κ1) is 24.3. The first-order valence-electron chi connectivity index (χ1n) is 10.4. The maximum atomic E-state index is 13.0. The zero-order chi connectivity index (χ0) is 24.0. The molecule has 1 unspecified atom stereocenters. The third-order valence-electron chi connectivity index (χ3n) is 5.30. The number of benzene rings is 2. The highest BCUT2D eigenvalue weighted by Crippen LogP contribution is 2.31. The first-order valence-corrected chi connectivity index (χ1v) is 10.8. The topological polar surface area (TPSA) is 79.9 Å². The van der Waals surface area contributed by atoms with Crippen LogP contribution in [0.2, 0.25) is 0 Å². The molecule has 2 aromatic rings. The number of halogens is 1. The highest BCUT2D eigenvalue weighted by Gasteiger charge is 2.33. The van der Waals surface area contributed by atoms with E-state index in [1.807, 2.05) is 19.1 Å². The van der Waals surface area contributed by atoms with E-state index < -0.39 is 12.0 Å². The van der Waals surface area contributed by atoms with Gasteiger partial charge in [-0.05, 0) is 54.5 Å². The van der Waals surface area contributed by atoms with Crippen LogP contribution in [0.15, 0.2) is 59.8 Å². The van der Waals surface area contributed by atoms with Crippen LogP contribution in [0.25, 0.3) is 0 Å². The van der Waals surface area contributed by atoms with Crippen molar-refractivity contribution in [2.45, 2.75) is 19.4 Å². The van der Waals surface area contributed by atoms with Gasteiger partial charge in [0.2, 0.25) is 5.91 Å². The van der Waals surface area contributed by atoms with Crippen LogP contribution in [0, 0.1) is 5.82 Å². The number of carbonyl (C=O) groups is 2. The fraction of sp³-hybridized carbons (Fsp3) is 0.292. The largest absolute Gasteiger partial charge is 0.460 e. The minimum Gasteiger partial charge on any atom is -0.460 e. The van der Waals surface area contributed by atoms with Gasteiger partial charge in [0.15, 0.2) is 5.11 Å². The van der Waals surface area contributed by atoms with Crippen LogP contribution >= 0.6 is 12.2 Å². The summed E-state index contributed by atoms with van der Waals surface area (Å²) in [5, 5.41) is 6.49. The van der Waals surface area contributed by atoms with Gasteiger partial charge in [0.1, 0.15) is 12.4 Å². The van der Waals surface area contributed by atoms with E-state index in [1.54, 1.807) is 36.2 Å². The molecule has 0 radical (unpaired) electrons. The summed E-state index contributed by atoms with van der Waals surface area (Å²) < 4.78 is 23.3. The van der Waals surface area contributed by atoms with Crippen LogP contribution in [0.3, 0.4) is 0 Å². The fourth-order valence-electron chi connectivity index (χ4n) is 3.40. The van der Waals surface area contributed by atoms with Crippen LogP contribution in [-0.4, -0.2) is 49.3 Å². The standard InChI is InChI=1S/C24H26FN3O4S/c1-15-21(23(30)32-13-12-31-3)22(27-24(33)28(15)2)17-6-10-19(11-7-17)26-20(29)14-16-4-8-18(25)9-5-16/h4-11,22H,12-14H2,1-3H3,(H,26,29)(H,27,33). The number of nitrogens with one attached hydrogen (secondary N) is 2. The number of carbonyl (C=O) groups excluding carboxylic acids is 2. The van der Waals surface area contributed by atoms with E-state index in [4.69, 9.17) is 21.7 Å². The molecule has 1 aliphatic rings. The molecule has 0 aromatic heterocycles. The third-order valence-corrected chi connectivity index (χ3v) is 5.69. The lowest BCUT2D eigenvalue weighted by molar-refractivity contribution is -0.140. The number of hydrogen-bond acceptors (Lipinski definition) is 5. The highest BCUT2D eigenvalue weighted by atomic mass is 32.1. The molecule has 33 heavy (non-hydrogen) atoms. The number of thiocarbonyl (C=S) groups is 1. The van der Waals surface area contributed by atoms with Gasteiger partial charge in [0.25, 0.3) is 0 Å². The van der Waals surface area contributed by atoms with E-state index in [-0.39, 0.29) is 24.8 Å². The molecule has 1 amide bonds. The van der Waals surface area contributed by atoms with Gasteiger partial charge in [-0.1, -0.05) is 24.3 Å². The summed E-state index contributed by atoms with van der Waals surface area (Å²) in [4.78, 5) is 26.8. The molecule has 0 spiro atoms. The molecule has 0 bridgehead atoms. The van der Waals surface area contributed by atoms with Crippen molar-refractivity contribution in [3.63, 3.8) is 0 Å². The van der Waals surface area contributed by atoms with Crippen LogP contribution < -0.4 is 10.6 Å². The van der Waals surface area contributed by atoms with Gasteiger partial charge in [-0.3, -0.25) is 4.79 Å². The molecule has 0 aliphatic carbocycles. The molecule has 1 aliphatic heterocycles. The Morgan fingerprint density at radius 3 is 2.42 bits per heavy atom. The van der Waals surface area contributed by atoms with E-state index in [2.05, 4.69) is 10.6 Å². The second kappa shape index (κ2) is 11.0. The van der Waals surface area contributed by atoms with Crippen molar-refractivity contribution in [3.05, 3.63) is 76.7 Å². The van der Waals surface area contributed by atoms with Gasteiger partial charge in [0, 0.05) is 25.5 Å². The Morgan fingerprint density at radius 2 is 1.79 bits per heavy atom. The summed E-state index contributed by atoms with van der Waals surface area (Å²) in [7, 11) is 3.32. The average molecular weight is 472 g/mol. The second-order valence-electron chi connectivity index (χ2n) is 7.54. The van der Waals surface area contributed by atoms with E-state index in [1.165, 1.54) is 19.2 Å². The van der Waals surface area contributed by atoms with Crippen molar-refractivity contribution in [1.82, 2.24) is 10.2 Å². The van der Waals surface area contributed by atoms with Crippen molar-refractivity contribution in [2.75, 3.05) is 32.7 Å². The number of esters is 1. The average Bonchev–Trinajstić information content (AvgIpc) is 2.79. The first-order chi connectivity index (χ1) is 15.8. The number of amides is 1. The van der Waals surface area contributed by atoms with Gasteiger partial charge in [-0.25, -0.2) is 9.18 Å². The minimum absolute atomic E-state index is 0.131. The Hall–Kier alpha value is -3.30. The Labute approximate surface area is 197 Å². The monoisotopic (exact) mass is 471 g/mol. The number of anilines is 1. The Bertz CT molecular complexity index is 1050. The molecule has 1 atom stereocenters. The predicted octanol–water partition coefficient (Wildman–Crippen LogP) is 3.33. The highest BCUT2D eigenvalue weighted by molar-refractivity contribution is 7.80. The number of hydrogen-bond donors (Lipinski definition) is 2. The molecule has 3 rings (SSSR count). The van der Waals surface area contributed by atoms with Crippen molar-refractivity contribution in [3.8, 4) is 0 Å². The van der Waals surface area contributed by atoms with Gasteiger partial charge in [0.05, 0.1) is 24.6 Å². The number of methoxy groups -OCH3 is 1. The summed E-state index contributed by atoms with van der Waals surface area (Å²) >= 11 is 5.41. The zero-order valence-corrected chi connectivity index (χ0v) is 19.5. The molecular formula is C24H26FN3O4S. The Balaban J connectivity index is 1.74. The summed E-state index contributed by atoms with van der Waals surface area (Å²) in [6, 6.07) is 12.4. The van der Waals surface area contributed by atoms with Gasteiger partial charge in [-0.15, -0.1) is 0 Å². The number of allylic oxidation sites excluding steroid dienone is 1. The van der Waals surface area contributed by atoms with Gasteiger partial charge in [-0.2, -0.15) is 0 Å². The summed E-state index contributed by atoms with van der Waals surface area (Å²) in [5.74, 6) is -1.01. The molecule has 1 heterocycles. The number of ether oxygens (including phenoxy) is 2. The molecule has 2 N–H and O–H groups in total. The Kier molecular flexibility index (Phi) is 8.13. The van der Waals surface area contributed by atoms with Gasteiger partial charge >= 0.3 is 5.97 Å². The quantitative estimate of drug-likeness (QED) is 0.347. The van der Waals surface area contributed by atoms with Crippen LogP contribution in [0.5, 0.6) is 0 Å². The molecule has 174 valence electrons. The second-order valence-corrected chi connectivity index (χ2v) is 7.93. The maximum Gasteiger partial charge on any atom is 0.338 e. The lowest BCUT2D eigenvalue weighted by Gasteiger charge is -2.35. The lowest BCUT2D eigenvalue weighted by Crippen LogP contribution is -2.46. The van der Waals surface area contributed by atoms with E-state index in [0.717, 1.165) is 5.56 Å². The Morgan fingerprint density at radius 1 is 1.12 bits per heavy atom. The smallest absolute Gasteiger partial charge is 0.338 e. The lowest BCUT2D eigenvalue weighted by atomic mass is 9.95. The van der Waals surface area contributed by atoms with Crippen LogP contribution in [-0.2, 0) is 25.5 Å². The molecular weight excluding hydrogens is 445 g/mol. The molecule has 7 nitrogen and oxygen atoms in total. The zero-order valence-electron chi connectivity index (χ0n) is 18.7. The summed E-state index contributed by atoms with van der Waals surface area (Å²) in [6.45, 7) is 2.26. The van der Waals surface area contributed by atoms with E-state index in [0.29, 0.717) is 34.2 Å². The summed E-state index contributed by atoms with van der Waals surface area (Å²) in [6.07, 6.45) is 0.131. The van der Waals surface area contributed by atoms with Crippen molar-refractivity contribution in [1.29, 1.82) is 0 Å². The predicted molar refractivity (Wildman–Crippen MR) is 127 cm³/mol. The molecule has 0 saturated carbocycles. The van der Waals surface area contributed by atoms with Crippen LogP contribution in [0.4, 0.5) is 10.1 Å². The molecule has 0 saturated heterocycles. The van der Waals surface area contributed by atoms with E-state index >= 15 is 0 Å². The SMILES string of the molecule is COCCOC(=O)C1=C(C)N(C)C(=S)NC1c1ccc(NC(=O)Cc2ccc(F)cc2)cc1. The maximum absolute atomic E-state index is 13.0. The summed E-state index contributed by atoms with van der Waals surface area (Å²) in [5.41, 5.74) is 3.26. The number of nitrogens with zero attached hydrogens (tertiary/aromatic N) is 1. The fourth-order valence-corrected chi connectivity index (χ4v) is 3.65. The van der Waals surface area contributed by atoms with Crippen LogP contribution in [0.1, 0.15) is 24.1 Å². The van der Waals surface area contributed by atoms with E-state index in [9.17, 15) is 14.0 Å². The van der Waals surface area contributed by atoms with Crippen molar-refractivity contribution < 1.29 is 23.5 Å². The molecule has 9 heteroatoms. The molecule has 2 aromatic carbocycles. The van der Waals surface area contributed by atoms with Gasteiger partial charge < -0.3 is 25.0 Å². The van der Waals surface area contributed by atoms with Crippen molar-refractivity contribution in [2.24, 2.45) is 0 Å². The van der Waals surface area contributed by atoms with Crippen molar-refractivity contribution >= 4 is 34.9 Å². The third kappa shape index (κ3) is 6.15.